The lowest BCUT2D eigenvalue weighted by molar-refractivity contribution is 0.0966. The molecule has 4 rings (SSSR count). The van der Waals surface area contributed by atoms with Gasteiger partial charge in [-0.3, -0.25) is 9.59 Å². The molecule has 200 valence electrons. The van der Waals surface area contributed by atoms with Crippen molar-refractivity contribution < 1.29 is 4.79 Å². The Kier molecular flexibility index (Phi) is 9.01. The Morgan fingerprint density at radius 3 is 2.61 bits per heavy atom. The van der Waals surface area contributed by atoms with Crippen LogP contribution in [0.4, 0.5) is 5.95 Å². The zero-order chi connectivity index (χ0) is 27.9. The van der Waals surface area contributed by atoms with E-state index in [1.165, 1.54) is 23.7 Å². The molecule has 0 aromatic carbocycles. The van der Waals surface area contributed by atoms with Gasteiger partial charge in [0.15, 0.2) is 11.2 Å². The van der Waals surface area contributed by atoms with Gasteiger partial charge in [0.25, 0.3) is 11.5 Å². The van der Waals surface area contributed by atoms with Gasteiger partial charge in [-0.05, 0) is 43.8 Å². The summed E-state index contributed by atoms with van der Waals surface area (Å²) in [5.41, 5.74) is 10.2. The largest absolute Gasteiger partial charge is 0.388 e. The average Bonchev–Trinajstić information content (AvgIpc) is 3.53. The number of hydrogen-bond donors (Lipinski definition) is 3. The highest BCUT2D eigenvalue weighted by Gasteiger charge is 2.26. The van der Waals surface area contributed by atoms with Gasteiger partial charge in [0.2, 0.25) is 5.95 Å². The van der Waals surface area contributed by atoms with Gasteiger partial charge >= 0.3 is 0 Å². The van der Waals surface area contributed by atoms with Crippen LogP contribution >= 0.6 is 0 Å². The van der Waals surface area contributed by atoms with Crippen LogP contribution in [-0.2, 0) is 7.05 Å². The molecule has 0 atom stereocenters. The highest BCUT2D eigenvalue weighted by atomic mass is 16.2. The van der Waals surface area contributed by atoms with Crippen molar-refractivity contribution >= 4 is 23.0 Å². The molecule has 0 unspecified atom stereocenters. The van der Waals surface area contributed by atoms with E-state index in [1.807, 2.05) is 19.1 Å². The summed E-state index contributed by atoms with van der Waals surface area (Å²) in [6, 6.07) is 0. The number of rotatable bonds is 5. The Balaban J connectivity index is 0.000000715. The minimum Gasteiger partial charge on any atom is -0.388 e. The van der Waals surface area contributed by atoms with Gasteiger partial charge in [0.05, 0.1) is 12.7 Å². The Morgan fingerprint density at radius 1 is 1.21 bits per heavy atom. The first-order valence-electron chi connectivity index (χ1n) is 12.3. The molecular weight excluding hydrogens is 480 g/mol. The molecule has 0 fully saturated rings. The van der Waals surface area contributed by atoms with Crippen LogP contribution in [0, 0.1) is 5.41 Å². The third-order valence-electron chi connectivity index (χ3n) is 6.24. The van der Waals surface area contributed by atoms with Crippen LogP contribution in [0.2, 0.25) is 0 Å². The summed E-state index contributed by atoms with van der Waals surface area (Å²) in [5, 5.41) is 3.43. The zero-order valence-corrected chi connectivity index (χ0v) is 22.8. The number of anilines is 1. The minimum absolute atomic E-state index is 0.105. The van der Waals surface area contributed by atoms with Gasteiger partial charge in [-0.2, -0.15) is 4.98 Å². The molecule has 10 heteroatoms. The fourth-order valence-electron chi connectivity index (χ4n) is 4.08. The number of H-pyrrole nitrogens is 1. The summed E-state index contributed by atoms with van der Waals surface area (Å²) in [4.78, 5) is 39.9. The van der Waals surface area contributed by atoms with Gasteiger partial charge in [-0.25, -0.2) is 14.5 Å². The SMILES string of the molecule is CC1=C(/C=C/C(C)=C/C=C/C(C)=C/C(=O)n2c(N)nc3c(ncn3C)c2=O)C(C)(C)CCN1.c1c[nH]cn1. The maximum Gasteiger partial charge on any atom is 0.290 e. The quantitative estimate of drug-likeness (QED) is 0.344. The molecule has 3 aromatic rings. The molecule has 0 saturated carbocycles. The number of nitrogens with one attached hydrogen (secondary N) is 2. The molecule has 4 N–H and O–H groups in total. The average molecular weight is 517 g/mol. The molecule has 0 spiro atoms. The number of carbonyl (C=O) groups is 1. The number of aromatic amines is 1. The van der Waals surface area contributed by atoms with E-state index in [-0.39, 0.29) is 16.9 Å². The molecule has 4 heterocycles. The number of imidazole rings is 2. The molecule has 0 saturated heterocycles. The number of allylic oxidation sites excluding steroid dienone is 10. The van der Waals surface area contributed by atoms with E-state index in [2.05, 4.69) is 58.2 Å². The number of fused-ring (bicyclic) bond motifs is 1. The van der Waals surface area contributed by atoms with Gasteiger partial charge < -0.3 is 20.6 Å². The fourth-order valence-corrected chi connectivity index (χ4v) is 4.08. The molecule has 38 heavy (non-hydrogen) atoms. The Bertz CT molecular complexity index is 1480. The van der Waals surface area contributed by atoms with Crippen molar-refractivity contribution in [1.29, 1.82) is 0 Å². The van der Waals surface area contributed by atoms with E-state index < -0.39 is 11.5 Å². The van der Waals surface area contributed by atoms with Crippen molar-refractivity contribution in [2.24, 2.45) is 12.5 Å². The van der Waals surface area contributed by atoms with E-state index >= 15 is 0 Å². The van der Waals surface area contributed by atoms with Crippen molar-refractivity contribution in [3.63, 3.8) is 0 Å². The first-order valence-corrected chi connectivity index (χ1v) is 12.3. The smallest absolute Gasteiger partial charge is 0.290 e. The fraction of sp³-hybridized carbons (Fsp3) is 0.321. The number of hydrogen-bond acceptors (Lipinski definition) is 7. The zero-order valence-electron chi connectivity index (χ0n) is 22.8. The first-order chi connectivity index (χ1) is 18.0. The number of aryl methyl sites for hydroxylation is 1. The summed E-state index contributed by atoms with van der Waals surface area (Å²) in [5.74, 6) is -0.727. The summed E-state index contributed by atoms with van der Waals surface area (Å²) in [6.07, 6.45) is 18.9. The van der Waals surface area contributed by atoms with Gasteiger partial charge in [-0.1, -0.05) is 49.8 Å². The molecule has 1 aliphatic rings. The lowest BCUT2D eigenvalue weighted by atomic mass is 9.77. The minimum atomic E-state index is -0.582. The molecule has 1 aliphatic heterocycles. The van der Waals surface area contributed by atoms with Crippen molar-refractivity contribution in [1.82, 2.24) is 34.4 Å². The van der Waals surface area contributed by atoms with Crippen LogP contribution in [0.25, 0.3) is 11.2 Å². The Labute approximate surface area is 222 Å². The van der Waals surface area contributed by atoms with Gasteiger partial charge in [-0.15, -0.1) is 0 Å². The van der Waals surface area contributed by atoms with E-state index in [4.69, 9.17) is 5.73 Å². The molecule has 0 aliphatic carbocycles. The molecule has 3 aromatic heterocycles. The second-order valence-corrected chi connectivity index (χ2v) is 9.83. The number of nitrogens with zero attached hydrogens (tertiary/aromatic N) is 5. The van der Waals surface area contributed by atoms with Crippen molar-refractivity contribution in [2.75, 3.05) is 12.3 Å². The van der Waals surface area contributed by atoms with Crippen LogP contribution < -0.4 is 16.6 Å². The third-order valence-corrected chi connectivity index (χ3v) is 6.24. The second kappa shape index (κ2) is 12.2. The number of nitrogen functional groups attached to an aromatic ring is 1. The van der Waals surface area contributed by atoms with Crippen LogP contribution in [0.15, 0.2) is 88.7 Å². The van der Waals surface area contributed by atoms with Crippen molar-refractivity contribution in [3.8, 4) is 0 Å². The lowest BCUT2D eigenvalue weighted by Gasteiger charge is -2.33. The third kappa shape index (κ3) is 6.84. The molecule has 0 bridgehead atoms. The van der Waals surface area contributed by atoms with Crippen molar-refractivity contribution in [2.45, 2.75) is 41.0 Å². The second-order valence-electron chi connectivity index (χ2n) is 9.83. The topological polar surface area (TPSA) is 137 Å². The normalized spacial score (nSPS) is 16.2. The lowest BCUT2D eigenvalue weighted by Crippen LogP contribution is -2.31. The van der Waals surface area contributed by atoms with Crippen LogP contribution in [0.1, 0.15) is 45.8 Å². The summed E-state index contributed by atoms with van der Waals surface area (Å²) >= 11 is 0. The first kappa shape index (κ1) is 28.1. The number of nitrogens with two attached hydrogens (primary N) is 1. The molecule has 0 radical (unpaired) electrons. The highest BCUT2D eigenvalue weighted by Crippen LogP contribution is 2.35. The number of aromatic nitrogens is 6. The maximum absolute atomic E-state index is 12.7. The summed E-state index contributed by atoms with van der Waals surface area (Å²) < 4.78 is 2.42. The van der Waals surface area contributed by atoms with Crippen LogP contribution in [0.5, 0.6) is 0 Å². The summed E-state index contributed by atoms with van der Waals surface area (Å²) in [7, 11) is 1.71. The predicted octanol–water partition coefficient (Wildman–Crippen LogP) is 4.06. The van der Waals surface area contributed by atoms with Crippen LogP contribution in [0.3, 0.4) is 0 Å². The maximum atomic E-state index is 12.7. The van der Waals surface area contributed by atoms with E-state index in [1.54, 1.807) is 43.3 Å². The molecular formula is C28H36N8O2. The van der Waals surface area contributed by atoms with Crippen LogP contribution in [-0.4, -0.2) is 41.5 Å². The van der Waals surface area contributed by atoms with Crippen molar-refractivity contribution in [3.05, 3.63) is 94.3 Å². The Hall–Kier alpha value is -4.47. The summed E-state index contributed by atoms with van der Waals surface area (Å²) in [6.45, 7) is 11.5. The predicted molar refractivity (Wildman–Crippen MR) is 151 cm³/mol. The standard InChI is InChI=1S/C25H32N6O2.C3H4N2/c1-16(10-11-19-18(3)27-13-12-25(19,4)5)8-7-9-17(2)14-20(32)31-23(33)21-22(29-24(31)26)30(6)15-28-21;1-2-5-3-4-1/h7-11,14-15,27H,12-13H2,1-6H3,(H2,26,29);1-3H,(H,4,5)/b9-7+,11-10+,16-8+,17-14+;. The van der Waals surface area contributed by atoms with Gasteiger partial charge in [0, 0.05) is 37.8 Å². The number of carbonyl (C=O) groups excluding carboxylic acids is 1. The van der Waals surface area contributed by atoms with E-state index in [9.17, 15) is 9.59 Å². The molecule has 0 amide bonds. The monoisotopic (exact) mass is 516 g/mol. The Morgan fingerprint density at radius 2 is 1.97 bits per heavy atom. The molecule has 10 nitrogen and oxygen atoms in total. The van der Waals surface area contributed by atoms with E-state index in [0.29, 0.717) is 11.2 Å². The van der Waals surface area contributed by atoms with E-state index in [0.717, 1.165) is 23.1 Å². The van der Waals surface area contributed by atoms with Gasteiger partial charge in [0.1, 0.15) is 0 Å². The highest BCUT2D eigenvalue weighted by molar-refractivity contribution is 5.93.